The molecule has 6 nitrogen and oxygen atoms in total. The molecule has 1 rings (SSSR count). The Morgan fingerprint density at radius 3 is 2.74 bits per heavy atom. The van der Waals surface area contributed by atoms with Gasteiger partial charge in [0.1, 0.15) is 11.4 Å². The number of anilines is 1. The van der Waals surface area contributed by atoms with Gasteiger partial charge in [-0.2, -0.15) is 4.72 Å². The van der Waals surface area contributed by atoms with Crippen molar-refractivity contribution in [3.05, 3.63) is 23.0 Å². The lowest BCUT2D eigenvalue weighted by atomic mass is 10.3. The largest absolute Gasteiger partial charge is 0.465 e. The monoisotopic (exact) mass is 310 g/mol. The van der Waals surface area contributed by atoms with Crippen molar-refractivity contribution in [3.63, 3.8) is 0 Å². The molecule has 9 heteroatoms. The minimum atomic E-state index is -4.24. The summed E-state index contributed by atoms with van der Waals surface area (Å²) in [6.07, 6.45) is 0. The van der Waals surface area contributed by atoms with E-state index in [1.54, 1.807) is 6.92 Å². The van der Waals surface area contributed by atoms with Crippen LogP contribution in [-0.4, -0.2) is 27.5 Å². The molecule has 0 amide bonds. The van der Waals surface area contributed by atoms with Crippen LogP contribution in [-0.2, 0) is 19.6 Å². The summed E-state index contributed by atoms with van der Waals surface area (Å²) in [4.78, 5) is 10.3. The number of nitrogen functional groups attached to an aromatic ring is 1. The van der Waals surface area contributed by atoms with E-state index >= 15 is 0 Å². The van der Waals surface area contributed by atoms with Crippen LogP contribution in [0.2, 0.25) is 5.02 Å². The van der Waals surface area contributed by atoms with Crippen LogP contribution in [0.3, 0.4) is 0 Å². The number of hydrogen-bond acceptors (Lipinski definition) is 5. The first-order valence-electron chi connectivity index (χ1n) is 5.17. The van der Waals surface area contributed by atoms with Gasteiger partial charge in [0.25, 0.3) is 0 Å². The molecule has 19 heavy (non-hydrogen) atoms. The van der Waals surface area contributed by atoms with Gasteiger partial charge in [-0.25, -0.2) is 12.8 Å². The Morgan fingerprint density at radius 1 is 1.53 bits per heavy atom. The Hall–Kier alpha value is -1.38. The van der Waals surface area contributed by atoms with Gasteiger partial charge in [-0.05, 0) is 19.1 Å². The molecule has 0 heterocycles. The summed E-state index contributed by atoms with van der Waals surface area (Å²) in [7, 11) is -4.24. The molecule has 0 saturated carbocycles. The molecular weight excluding hydrogens is 299 g/mol. The second-order valence-corrected chi connectivity index (χ2v) is 5.61. The number of sulfonamides is 1. The standard InChI is InChI=1S/C10H12ClFN2O4S/c1-2-18-9(15)5-14-19(16,17)8-4-6(11)3-7(13)10(8)12/h3-4,14H,2,5,13H2,1H3. The normalized spacial score (nSPS) is 11.3. The van der Waals surface area contributed by atoms with Crippen LogP contribution >= 0.6 is 11.6 Å². The van der Waals surface area contributed by atoms with E-state index in [1.807, 2.05) is 4.72 Å². The number of rotatable bonds is 5. The van der Waals surface area contributed by atoms with Crippen molar-refractivity contribution < 1.29 is 22.3 Å². The molecule has 0 aliphatic carbocycles. The Bertz CT molecular complexity index is 591. The average molecular weight is 311 g/mol. The smallest absolute Gasteiger partial charge is 0.321 e. The van der Waals surface area contributed by atoms with Gasteiger partial charge in [0.2, 0.25) is 10.0 Å². The topological polar surface area (TPSA) is 98.5 Å². The molecule has 0 spiro atoms. The van der Waals surface area contributed by atoms with E-state index in [1.165, 1.54) is 0 Å². The van der Waals surface area contributed by atoms with Gasteiger partial charge in [-0.3, -0.25) is 4.79 Å². The number of esters is 1. The van der Waals surface area contributed by atoms with Crippen LogP contribution in [0.15, 0.2) is 17.0 Å². The summed E-state index contributed by atoms with van der Waals surface area (Å²) in [6.45, 7) is 1.07. The molecular formula is C10H12ClFN2O4S. The molecule has 1 aromatic rings. The highest BCUT2D eigenvalue weighted by Crippen LogP contribution is 2.24. The fraction of sp³-hybridized carbons (Fsp3) is 0.300. The number of ether oxygens (including phenoxy) is 1. The molecule has 0 fully saturated rings. The first-order valence-corrected chi connectivity index (χ1v) is 7.04. The summed E-state index contributed by atoms with van der Waals surface area (Å²) in [6, 6.07) is 1.99. The zero-order chi connectivity index (χ0) is 14.6. The average Bonchev–Trinajstić information content (AvgIpc) is 2.31. The number of carbonyl (C=O) groups is 1. The minimum Gasteiger partial charge on any atom is -0.465 e. The predicted octanol–water partition coefficient (Wildman–Crippen LogP) is 0.903. The minimum absolute atomic E-state index is 0.0320. The number of nitrogens with one attached hydrogen (secondary N) is 1. The maximum absolute atomic E-state index is 13.6. The lowest BCUT2D eigenvalue weighted by molar-refractivity contribution is -0.141. The van der Waals surface area contributed by atoms with Gasteiger partial charge in [-0.15, -0.1) is 0 Å². The SMILES string of the molecule is CCOC(=O)CNS(=O)(=O)c1cc(Cl)cc(N)c1F. The van der Waals surface area contributed by atoms with Gasteiger partial charge in [0.05, 0.1) is 12.3 Å². The van der Waals surface area contributed by atoms with Crippen molar-refractivity contribution >= 4 is 33.3 Å². The van der Waals surface area contributed by atoms with Crippen LogP contribution in [0.4, 0.5) is 10.1 Å². The van der Waals surface area contributed by atoms with Gasteiger partial charge < -0.3 is 10.5 Å². The van der Waals surface area contributed by atoms with Crippen molar-refractivity contribution in [2.75, 3.05) is 18.9 Å². The second kappa shape index (κ2) is 6.18. The predicted molar refractivity (Wildman–Crippen MR) is 67.6 cm³/mol. The number of halogens is 2. The zero-order valence-electron chi connectivity index (χ0n) is 9.94. The molecule has 0 aliphatic heterocycles. The molecule has 0 aliphatic rings. The van der Waals surface area contributed by atoms with Crippen LogP contribution in [0.5, 0.6) is 0 Å². The van der Waals surface area contributed by atoms with E-state index in [0.29, 0.717) is 0 Å². The third-order valence-corrected chi connectivity index (χ3v) is 3.65. The molecule has 0 bridgehead atoms. The third-order valence-electron chi connectivity index (χ3n) is 2.03. The molecule has 0 radical (unpaired) electrons. The number of nitrogens with two attached hydrogens (primary N) is 1. The molecule has 0 unspecified atom stereocenters. The number of hydrogen-bond donors (Lipinski definition) is 2. The third kappa shape index (κ3) is 4.05. The van der Waals surface area contributed by atoms with E-state index in [4.69, 9.17) is 17.3 Å². The lowest BCUT2D eigenvalue weighted by Crippen LogP contribution is -2.31. The van der Waals surface area contributed by atoms with Gasteiger partial charge in [-0.1, -0.05) is 11.6 Å². The molecule has 3 N–H and O–H groups in total. The van der Waals surface area contributed by atoms with Crippen LogP contribution in [0.25, 0.3) is 0 Å². The van der Waals surface area contributed by atoms with Crippen LogP contribution in [0, 0.1) is 5.82 Å². The second-order valence-electron chi connectivity index (χ2n) is 3.44. The molecule has 0 saturated heterocycles. The number of carbonyl (C=O) groups excluding carboxylic acids is 1. The lowest BCUT2D eigenvalue weighted by Gasteiger charge is -2.09. The highest BCUT2D eigenvalue weighted by atomic mass is 35.5. The van der Waals surface area contributed by atoms with Crippen molar-refractivity contribution in [2.45, 2.75) is 11.8 Å². The Kier molecular flexibility index (Phi) is 5.10. The molecule has 106 valence electrons. The summed E-state index contributed by atoms with van der Waals surface area (Å²) < 4.78 is 43.7. The van der Waals surface area contributed by atoms with Crippen molar-refractivity contribution in [1.29, 1.82) is 0 Å². The number of benzene rings is 1. The first-order chi connectivity index (χ1) is 8.77. The van der Waals surface area contributed by atoms with Crippen LogP contribution in [0.1, 0.15) is 6.92 Å². The van der Waals surface area contributed by atoms with Crippen LogP contribution < -0.4 is 10.5 Å². The quantitative estimate of drug-likeness (QED) is 0.622. The fourth-order valence-electron chi connectivity index (χ4n) is 1.22. The van der Waals surface area contributed by atoms with Gasteiger partial charge in [0, 0.05) is 5.02 Å². The maximum Gasteiger partial charge on any atom is 0.321 e. The summed E-state index contributed by atoms with van der Waals surface area (Å²) >= 11 is 5.61. The first kappa shape index (κ1) is 15.7. The van der Waals surface area contributed by atoms with Gasteiger partial charge in [0.15, 0.2) is 5.82 Å². The van der Waals surface area contributed by atoms with Crippen molar-refractivity contribution in [3.8, 4) is 0 Å². The molecule has 0 aromatic heterocycles. The van der Waals surface area contributed by atoms with E-state index in [2.05, 4.69) is 4.74 Å². The van der Waals surface area contributed by atoms with Gasteiger partial charge >= 0.3 is 5.97 Å². The summed E-state index contributed by atoms with van der Waals surface area (Å²) in [5.41, 5.74) is 4.88. The highest BCUT2D eigenvalue weighted by Gasteiger charge is 2.22. The maximum atomic E-state index is 13.6. The van der Waals surface area contributed by atoms with Crippen molar-refractivity contribution in [2.24, 2.45) is 0 Å². The molecule has 0 atom stereocenters. The van der Waals surface area contributed by atoms with Crippen molar-refractivity contribution in [1.82, 2.24) is 4.72 Å². The van der Waals surface area contributed by atoms with E-state index in [9.17, 15) is 17.6 Å². The Labute approximate surface area is 114 Å². The van der Waals surface area contributed by atoms with E-state index in [0.717, 1.165) is 12.1 Å². The van der Waals surface area contributed by atoms with E-state index in [-0.39, 0.29) is 11.6 Å². The fourth-order valence-corrected chi connectivity index (χ4v) is 2.61. The zero-order valence-corrected chi connectivity index (χ0v) is 11.5. The highest BCUT2D eigenvalue weighted by molar-refractivity contribution is 7.89. The Balaban J connectivity index is 2.98. The summed E-state index contributed by atoms with van der Waals surface area (Å²) in [5, 5.41) is -0.0320. The Morgan fingerprint density at radius 2 is 2.16 bits per heavy atom. The molecule has 1 aromatic carbocycles. The van der Waals surface area contributed by atoms with E-state index < -0.39 is 38.9 Å². The summed E-state index contributed by atoms with van der Waals surface area (Å²) in [5.74, 6) is -1.90.